The van der Waals surface area contributed by atoms with Crippen molar-refractivity contribution in [2.45, 2.75) is 25.3 Å². The standard InChI is InChI=1S/C25H23NO6/c1-14-10-15(27)11-23(28)20(14)12-22(24(29)30)26-25(31)32-13-21-18-8-4-2-6-16(18)17-7-3-5-9-19(17)21/h2-11,21-22,27-28H,12-13H2,1H3,(H,26,31)(H,29,30). The zero-order chi connectivity index (χ0) is 22.8. The van der Waals surface area contributed by atoms with E-state index in [0.717, 1.165) is 28.3 Å². The van der Waals surface area contributed by atoms with Crippen LogP contribution in [0.1, 0.15) is 28.2 Å². The van der Waals surface area contributed by atoms with Gasteiger partial charge in [0.25, 0.3) is 0 Å². The maximum atomic E-state index is 12.5. The van der Waals surface area contributed by atoms with Crippen molar-refractivity contribution in [3.8, 4) is 22.6 Å². The predicted molar refractivity (Wildman–Crippen MR) is 118 cm³/mol. The first kappa shape index (κ1) is 21.2. The molecule has 0 saturated carbocycles. The van der Waals surface area contributed by atoms with Crippen LogP contribution in [0, 0.1) is 6.92 Å². The van der Waals surface area contributed by atoms with Crippen LogP contribution in [-0.2, 0) is 16.0 Å². The number of amides is 1. The van der Waals surface area contributed by atoms with Crippen molar-refractivity contribution in [3.05, 3.63) is 82.9 Å². The second-order valence-electron chi connectivity index (χ2n) is 7.83. The lowest BCUT2D eigenvalue weighted by atomic mass is 9.98. The fourth-order valence-electron chi connectivity index (χ4n) is 4.23. The van der Waals surface area contributed by atoms with E-state index in [9.17, 15) is 24.9 Å². The van der Waals surface area contributed by atoms with Crippen molar-refractivity contribution < 1.29 is 29.6 Å². The van der Waals surface area contributed by atoms with Gasteiger partial charge in [0.05, 0.1) is 0 Å². The summed E-state index contributed by atoms with van der Waals surface area (Å²) in [6, 6.07) is 17.1. The fourth-order valence-corrected chi connectivity index (χ4v) is 4.23. The summed E-state index contributed by atoms with van der Waals surface area (Å²) in [5.41, 5.74) is 5.15. The normalized spacial score (nSPS) is 13.2. The minimum Gasteiger partial charge on any atom is -0.508 e. The number of rotatable bonds is 6. The molecule has 0 radical (unpaired) electrons. The van der Waals surface area contributed by atoms with Crippen molar-refractivity contribution in [2.24, 2.45) is 0 Å². The molecule has 4 rings (SSSR count). The fraction of sp³-hybridized carbons (Fsp3) is 0.200. The number of nitrogens with one attached hydrogen (secondary N) is 1. The summed E-state index contributed by atoms with van der Waals surface area (Å²) in [6.07, 6.45) is -1.01. The van der Waals surface area contributed by atoms with E-state index >= 15 is 0 Å². The number of aryl methyl sites for hydroxylation is 1. The molecule has 1 amide bonds. The molecule has 1 atom stereocenters. The molecule has 3 aromatic rings. The van der Waals surface area contributed by atoms with Crippen LogP contribution in [0.3, 0.4) is 0 Å². The lowest BCUT2D eigenvalue weighted by molar-refractivity contribution is -0.139. The lowest BCUT2D eigenvalue weighted by Crippen LogP contribution is -2.43. The molecule has 0 saturated heterocycles. The Balaban J connectivity index is 1.46. The molecule has 4 N–H and O–H groups in total. The number of fused-ring (bicyclic) bond motifs is 3. The highest BCUT2D eigenvalue weighted by Gasteiger charge is 2.30. The summed E-state index contributed by atoms with van der Waals surface area (Å²) in [7, 11) is 0. The van der Waals surface area contributed by atoms with Gasteiger partial charge in [-0.25, -0.2) is 9.59 Å². The molecule has 1 aliphatic carbocycles. The number of phenolic OH excluding ortho intramolecular Hbond substituents is 2. The predicted octanol–water partition coefficient (Wildman–Crippen LogP) is 3.94. The number of benzene rings is 3. The smallest absolute Gasteiger partial charge is 0.407 e. The monoisotopic (exact) mass is 433 g/mol. The minimum absolute atomic E-state index is 0.0652. The van der Waals surface area contributed by atoms with Gasteiger partial charge in [-0.05, 0) is 46.4 Å². The Morgan fingerprint density at radius 2 is 1.59 bits per heavy atom. The van der Waals surface area contributed by atoms with E-state index in [-0.39, 0.29) is 30.4 Å². The Morgan fingerprint density at radius 3 is 2.16 bits per heavy atom. The minimum atomic E-state index is -1.31. The summed E-state index contributed by atoms with van der Waals surface area (Å²) >= 11 is 0. The van der Waals surface area contributed by atoms with Gasteiger partial charge in [-0.15, -0.1) is 0 Å². The molecule has 3 aromatic carbocycles. The third-order valence-corrected chi connectivity index (χ3v) is 5.78. The molecule has 1 aliphatic rings. The molecule has 164 valence electrons. The molecule has 0 aromatic heterocycles. The van der Waals surface area contributed by atoms with E-state index in [4.69, 9.17) is 4.74 Å². The maximum absolute atomic E-state index is 12.5. The zero-order valence-corrected chi connectivity index (χ0v) is 17.4. The van der Waals surface area contributed by atoms with Gasteiger partial charge in [-0.2, -0.15) is 0 Å². The second kappa shape index (κ2) is 8.63. The van der Waals surface area contributed by atoms with Crippen LogP contribution in [0.4, 0.5) is 4.79 Å². The third-order valence-electron chi connectivity index (χ3n) is 5.78. The van der Waals surface area contributed by atoms with Crippen molar-refractivity contribution >= 4 is 12.1 Å². The molecular formula is C25H23NO6. The van der Waals surface area contributed by atoms with Crippen LogP contribution in [0.5, 0.6) is 11.5 Å². The number of carbonyl (C=O) groups is 2. The number of carbonyl (C=O) groups excluding carboxylic acids is 1. The molecule has 0 aliphatic heterocycles. The largest absolute Gasteiger partial charge is 0.508 e. The Morgan fingerprint density at radius 1 is 1.00 bits per heavy atom. The highest BCUT2D eigenvalue weighted by atomic mass is 16.5. The topological polar surface area (TPSA) is 116 Å². The van der Waals surface area contributed by atoms with Gasteiger partial charge in [-0.1, -0.05) is 48.5 Å². The SMILES string of the molecule is Cc1cc(O)cc(O)c1CC(NC(=O)OCC1c2ccccc2-c2ccccc21)C(=O)O. The molecule has 1 unspecified atom stereocenters. The van der Waals surface area contributed by atoms with Gasteiger partial charge in [0.1, 0.15) is 24.1 Å². The Labute approximate surface area is 184 Å². The van der Waals surface area contributed by atoms with Crippen LogP contribution in [0.25, 0.3) is 11.1 Å². The summed E-state index contributed by atoms with van der Waals surface area (Å²) in [6.45, 7) is 1.71. The number of hydrogen-bond donors (Lipinski definition) is 4. The lowest BCUT2D eigenvalue weighted by Gasteiger charge is -2.18. The molecule has 32 heavy (non-hydrogen) atoms. The quantitative estimate of drug-likeness (QED) is 0.468. The number of carboxylic acid groups (broad SMARTS) is 1. The van der Waals surface area contributed by atoms with Crippen molar-refractivity contribution in [3.63, 3.8) is 0 Å². The highest BCUT2D eigenvalue weighted by Crippen LogP contribution is 2.44. The van der Waals surface area contributed by atoms with E-state index in [1.165, 1.54) is 6.07 Å². The van der Waals surface area contributed by atoms with Crippen LogP contribution in [-0.4, -0.2) is 40.0 Å². The van der Waals surface area contributed by atoms with Gasteiger partial charge in [0, 0.05) is 18.4 Å². The van der Waals surface area contributed by atoms with Gasteiger partial charge in [-0.3, -0.25) is 0 Å². The van der Waals surface area contributed by atoms with Crippen LogP contribution in [0.2, 0.25) is 0 Å². The van der Waals surface area contributed by atoms with Gasteiger partial charge >= 0.3 is 12.1 Å². The summed E-state index contributed by atoms with van der Waals surface area (Å²) in [5.74, 6) is -1.76. The first-order valence-corrected chi connectivity index (χ1v) is 10.2. The number of hydrogen-bond acceptors (Lipinski definition) is 5. The van der Waals surface area contributed by atoms with E-state index < -0.39 is 18.1 Å². The molecule has 0 bridgehead atoms. The van der Waals surface area contributed by atoms with E-state index in [2.05, 4.69) is 5.32 Å². The average molecular weight is 433 g/mol. The number of phenols is 2. The third kappa shape index (κ3) is 4.09. The van der Waals surface area contributed by atoms with Crippen molar-refractivity contribution in [2.75, 3.05) is 6.61 Å². The van der Waals surface area contributed by atoms with Crippen LogP contribution in [0.15, 0.2) is 60.7 Å². The summed E-state index contributed by atoms with van der Waals surface area (Å²) in [5, 5.41) is 31.6. The van der Waals surface area contributed by atoms with E-state index in [0.29, 0.717) is 11.1 Å². The molecule has 0 fully saturated rings. The second-order valence-corrected chi connectivity index (χ2v) is 7.83. The molecule has 0 heterocycles. The number of carboxylic acids is 1. The van der Waals surface area contributed by atoms with Crippen LogP contribution >= 0.6 is 0 Å². The van der Waals surface area contributed by atoms with Crippen LogP contribution < -0.4 is 5.32 Å². The number of aliphatic carboxylic acids is 1. The van der Waals surface area contributed by atoms with Crippen molar-refractivity contribution in [1.29, 1.82) is 0 Å². The molecule has 7 heteroatoms. The van der Waals surface area contributed by atoms with Gasteiger partial charge < -0.3 is 25.4 Å². The first-order chi connectivity index (χ1) is 15.3. The van der Waals surface area contributed by atoms with Gasteiger partial charge in [0.15, 0.2) is 0 Å². The average Bonchev–Trinajstić information content (AvgIpc) is 3.07. The van der Waals surface area contributed by atoms with E-state index in [1.54, 1.807) is 6.92 Å². The highest BCUT2D eigenvalue weighted by molar-refractivity contribution is 5.81. The Hall–Kier alpha value is -4.00. The van der Waals surface area contributed by atoms with Crippen molar-refractivity contribution in [1.82, 2.24) is 5.32 Å². The number of aromatic hydroxyl groups is 2. The number of ether oxygens (including phenoxy) is 1. The zero-order valence-electron chi connectivity index (χ0n) is 17.4. The number of alkyl carbamates (subject to hydrolysis) is 1. The maximum Gasteiger partial charge on any atom is 0.407 e. The Bertz CT molecular complexity index is 1120. The molecular weight excluding hydrogens is 410 g/mol. The summed E-state index contributed by atoms with van der Waals surface area (Å²) in [4.78, 5) is 24.2. The van der Waals surface area contributed by atoms with Gasteiger partial charge in [0.2, 0.25) is 0 Å². The molecule has 7 nitrogen and oxygen atoms in total. The first-order valence-electron chi connectivity index (χ1n) is 10.2. The van der Waals surface area contributed by atoms with E-state index in [1.807, 2.05) is 48.5 Å². The summed E-state index contributed by atoms with van der Waals surface area (Å²) < 4.78 is 5.42. The Kier molecular flexibility index (Phi) is 5.73. The molecule has 0 spiro atoms.